The Balaban J connectivity index is 1.65. The number of sulfonamides is 1. The topological polar surface area (TPSA) is 78.5 Å². The minimum Gasteiger partial charge on any atom is -0.377 e. The Hall–Kier alpha value is -3.68. The van der Waals surface area contributed by atoms with Crippen molar-refractivity contribution in [2.24, 2.45) is 0 Å². The number of aryl methyl sites for hydroxylation is 1. The number of carbonyl (C=O) groups excluding carboxylic acids is 1. The Morgan fingerprint density at radius 3 is 2.21 bits per heavy atom. The van der Waals surface area contributed by atoms with Crippen LogP contribution in [-0.4, -0.2) is 28.4 Å². The molecule has 0 aliphatic heterocycles. The Kier molecular flexibility index (Phi) is 6.68. The molecule has 0 atom stereocenters. The summed E-state index contributed by atoms with van der Waals surface area (Å²) in [4.78, 5) is 15.0. The molecule has 0 radical (unpaired) electrons. The molecule has 0 bridgehead atoms. The van der Waals surface area contributed by atoms with E-state index in [-0.39, 0.29) is 17.3 Å². The maximum atomic E-state index is 13.3. The molecular formula is C27H27N3O3S. The van der Waals surface area contributed by atoms with E-state index in [1.165, 1.54) is 6.07 Å². The van der Waals surface area contributed by atoms with Gasteiger partial charge in [0.25, 0.3) is 5.91 Å². The molecule has 6 nitrogen and oxygen atoms in total. The molecule has 0 aromatic heterocycles. The summed E-state index contributed by atoms with van der Waals surface area (Å²) in [5.74, 6) is -0.239. The third kappa shape index (κ3) is 4.81. The third-order valence-electron chi connectivity index (χ3n) is 5.74. The average Bonchev–Trinajstić information content (AvgIpc) is 2.83. The fourth-order valence-electron chi connectivity index (χ4n) is 3.98. The standard InChI is InChI=1S/C27H27N3O3S/c1-19-10-4-6-12-21(19)27(31)29-24-16-17-26(23-14-8-7-13-22(23)24)34(32,33)28-18-20-11-5-9-15-25(20)30(2)3/h4-17,28H,18H2,1-3H3,(H,29,31). The minimum absolute atomic E-state index is 0.163. The van der Waals surface area contributed by atoms with Gasteiger partial charge in [-0.15, -0.1) is 0 Å². The summed E-state index contributed by atoms with van der Waals surface area (Å²) in [6, 6.07) is 25.3. The van der Waals surface area contributed by atoms with E-state index in [0.29, 0.717) is 22.0 Å². The second-order valence-corrected chi connectivity index (χ2v) is 10.0. The molecule has 0 fully saturated rings. The van der Waals surface area contributed by atoms with Crippen molar-refractivity contribution < 1.29 is 13.2 Å². The molecule has 0 unspecified atom stereocenters. The summed E-state index contributed by atoms with van der Waals surface area (Å²) in [5.41, 5.74) is 3.82. The number of carbonyl (C=O) groups is 1. The fourth-order valence-corrected chi connectivity index (χ4v) is 5.19. The SMILES string of the molecule is Cc1ccccc1C(=O)Nc1ccc(S(=O)(=O)NCc2ccccc2N(C)C)c2ccccc12. The zero-order valence-electron chi connectivity index (χ0n) is 19.4. The zero-order chi connectivity index (χ0) is 24.3. The maximum absolute atomic E-state index is 13.3. The second-order valence-electron chi connectivity index (χ2n) is 8.27. The largest absolute Gasteiger partial charge is 0.377 e. The van der Waals surface area contributed by atoms with Crippen molar-refractivity contribution in [3.63, 3.8) is 0 Å². The Labute approximate surface area is 200 Å². The number of hydrogen-bond donors (Lipinski definition) is 2. The van der Waals surface area contributed by atoms with E-state index in [1.807, 2.05) is 80.5 Å². The van der Waals surface area contributed by atoms with Crippen LogP contribution >= 0.6 is 0 Å². The first-order valence-electron chi connectivity index (χ1n) is 10.9. The van der Waals surface area contributed by atoms with Crippen molar-refractivity contribution in [1.82, 2.24) is 4.72 Å². The highest BCUT2D eigenvalue weighted by Gasteiger charge is 2.20. The normalized spacial score (nSPS) is 11.4. The summed E-state index contributed by atoms with van der Waals surface area (Å²) in [5, 5.41) is 4.13. The number of nitrogens with zero attached hydrogens (tertiary/aromatic N) is 1. The summed E-state index contributed by atoms with van der Waals surface area (Å²) >= 11 is 0. The maximum Gasteiger partial charge on any atom is 0.255 e. The van der Waals surface area contributed by atoms with Gasteiger partial charge >= 0.3 is 0 Å². The van der Waals surface area contributed by atoms with Gasteiger partial charge in [-0.2, -0.15) is 0 Å². The number of nitrogens with one attached hydrogen (secondary N) is 2. The van der Waals surface area contributed by atoms with Crippen molar-refractivity contribution in [2.45, 2.75) is 18.4 Å². The van der Waals surface area contributed by atoms with Crippen LogP contribution in [0.3, 0.4) is 0 Å². The van der Waals surface area contributed by atoms with E-state index in [9.17, 15) is 13.2 Å². The number of fused-ring (bicyclic) bond motifs is 1. The van der Waals surface area contributed by atoms with Gasteiger partial charge in [0.1, 0.15) is 0 Å². The highest BCUT2D eigenvalue weighted by molar-refractivity contribution is 7.89. The summed E-state index contributed by atoms with van der Waals surface area (Å²) < 4.78 is 29.3. The molecule has 0 saturated carbocycles. The molecule has 2 N–H and O–H groups in total. The van der Waals surface area contributed by atoms with E-state index in [1.54, 1.807) is 24.3 Å². The van der Waals surface area contributed by atoms with Crippen molar-refractivity contribution in [2.75, 3.05) is 24.3 Å². The third-order valence-corrected chi connectivity index (χ3v) is 7.20. The van der Waals surface area contributed by atoms with Crippen LogP contribution in [0.4, 0.5) is 11.4 Å². The van der Waals surface area contributed by atoms with Gasteiger partial charge < -0.3 is 10.2 Å². The molecule has 4 rings (SSSR count). The van der Waals surface area contributed by atoms with Crippen LogP contribution in [0, 0.1) is 6.92 Å². The first-order chi connectivity index (χ1) is 16.3. The van der Waals surface area contributed by atoms with Gasteiger partial charge in [-0.05, 0) is 42.3 Å². The number of anilines is 2. The van der Waals surface area contributed by atoms with E-state index >= 15 is 0 Å². The molecule has 0 heterocycles. The highest BCUT2D eigenvalue weighted by atomic mass is 32.2. The monoisotopic (exact) mass is 473 g/mol. The highest BCUT2D eigenvalue weighted by Crippen LogP contribution is 2.30. The molecule has 0 saturated heterocycles. The molecule has 4 aromatic rings. The number of benzene rings is 4. The number of rotatable bonds is 7. The molecule has 174 valence electrons. The molecule has 34 heavy (non-hydrogen) atoms. The van der Waals surface area contributed by atoms with Gasteiger partial charge in [-0.25, -0.2) is 13.1 Å². The van der Waals surface area contributed by atoms with Crippen LogP contribution in [0.25, 0.3) is 10.8 Å². The Morgan fingerprint density at radius 1 is 0.824 bits per heavy atom. The van der Waals surface area contributed by atoms with Crippen LogP contribution in [0.2, 0.25) is 0 Å². The summed E-state index contributed by atoms with van der Waals surface area (Å²) in [6.07, 6.45) is 0. The Morgan fingerprint density at radius 2 is 1.47 bits per heavy atom. The molecular weight excluding hydrogens is 446 g/mol. The lowest BCUT2D eigenvalue weighted by atomic mass is 10.1. The lowest BCUT2D eigenvalue weighted by Gasteiger charge is -2.18. The zero-order valence-corrected chi connectivity index (χ0v) is 20.2. The smallest absolute Gasteiger partial charge is 0.255 e. The van der Waals surface area contributed by atoms with Gasteiger partial charge in [0.2, 0.25) is 10.0 Å². The predicted octanol–water partition coefficient (Wildman–Crippen LogP) is 4.95. The molecule has 0 aliphatic carbocycles. The summed E-state index contributed by atoms with van der Waals surface area (Å²) in [6.45, 7) is 2.04. The van der Waals surface area contributed by atoms with E-state index in [2.05, 4.69) is 10.0 Å². The lowest BCUT2D eigenvalue weighted by molar-refractivity contribution is 0.102. The van der Waals surface area contributed by atoms with Crippen LogP contribution in [0.5, 0.6) is 0 Å². The van der Waals surface area contributed by atoms with Crippen LogP contribution < -0.4 is 14.9 Å². The Bertz CT molecular complexity index is 1460. The van der Waals surface area contributed by atoms with Crippen molar-refractivity contribution in [3.8, 4) is 0 Å². The molecule has 1 amide bonds. The molecule has 7 heteroatoms. The summed E-state index contributed by atoms with van der Waals surface area (Å²) in [7, 11) is 0.0300. The van der Waals surface area contributed by atoms with Gasteiger partial charge in [0, 0.05) is 48.4 Å². The van der Waals surface area contributed by atoms with E-state index in [0.717, 1.165) is 16.8 Å². The second kappa shape index (κ2) is 9.67. The lowest BCUT2D eigenvalue weighted by Crippen LogP contribution is -2.25. The molecule has 0 spiro atoms. The number of amides is 1. The van der Waals surface area contributed by atoms with Gasteiger partial charge in [0.05, 0.1) is 4.90 Å². The van der Waals surface area contributed by atoms with Crippen LogP contribution in [-0.2, 0) is 16.6 Å². The average molecular weight is 474 g/mol. The number of para-hydroxylation sites is 1. The first-order valence-corrected chi connectivity index (χ1v) is 12.4. The van der Waals surface area contributed by atoms with Crippen LogP contribution in [0.1, 0.15) is 21.5 Å². The van der Waals surface area contributed by atoms with Crippen molar-refractivity contribution >= 4 is 38.1 Å². The van der Waals surface area contributed by atoms with Crippen LogP contribution in [0.15, 0.2) is 89.8 Å². The first kappa shape index (κ1) is 23.5. The van der Waals surface area contributed by atoms with Gasteiger partial charge in [0.15, 0.2) is 0 Å². The van der Waals surface area contributed by atoms with Gasteiger partial charge in [-0.3, -0.25) is 4.79 Å². The fraction of sp³-hybridized carbons (Fsp3) is 0.148. The minimum atomic E-state index is -3.81. The van der Waals surface area contributed by atoms with Crippen molar-refractivity contribution in [1.29, 1.82) is 0 Å². The quantitative estimate of drug-likeness (QED) is 0.398. The van der Waals surface area contributed by atoms with Crippen molar-refractivity contribution in [3.05, 3.63) is 102 Å². The predicted molar refractivity (Wildman–Crippen MR) is 138 cm³/mol. The van der Waals surface area contributed by atoms with Gasteiger partial charge in [-0.1, -0.05) is 60.7 Å². The number of hydrogen-bond acceptors (Lipinski definition) is 4. The van der Waals surface area contributed by atoms with E-state index < -0.39 is 10.0 Å². The molecule has 0 aliphatic rings. The van der Waals surface area contributed by atoms with E-state index in [4.69, 9.17) is 0 Å². The molecule has 4 aromatic carbocycles.